The van der Waals surface area contributed by atoms with Gasteiger partial charge in [-0.25, -0.2) is 0 Å². The first-order valence-electron chi connectivity index (χ1n) is 6.64. The van der Waals surface area contributed by atoms with Gasteiger partial charge in [-0.1, -0.05) is 0 Å². The van der Waals surface area contributed by atoms with Crippen LogP contribution in [0.1, 0.15) is 33.1 Å². The van der Waals surface area contributed by atoms with Crippen LogP contribution in [-0.2, 0) is 14.4 Å². The van der Waals surface area contributed by atoms with Gasteiger partial charge in [0.05, 0.1) is 5.92 Å². The number of carbonyl (C=O) groups excluding carboxylic acids is 2. The molecule has 19 heavy (non-hydrogen) atoms. The average Bonchev–Trinajstić information content (AvgIpc) is 3.03. The first kappa shape index (κ1) is 13.8. The lowest BCUT2D eigenvalue weighted by Gasteiger charge is -2.34. The number of carboxylic acid groups (broad SMARTS) is 1. The Bertz CT molecular complexity index is 413. The summed E-state index contributed by atoms with van der Waals surface area (Å²) in [5, 5.41) is 11.6. The van der Waals surface area contributed by atoms with Crippen molar-refractivity contribution in [3.8, 4) is 0 Å². The molecule has 0 bridgehead atoms. The summed E-state index contributed by atoms with van der Waals surface area (Å²) in [4.78, 5) is 35.7. The van der Waals surface area contributed by atoms with E-state index in [1.54, 1.807) is 11.8 Å². The summed E-state index contributed by atoms with van der Waals surface area (Å²) in [6.07, 6.45) is 2.25. The highest BCUT2D eigenvalue weighted by atomic mass is 16.4. The predicted octanol–water partition coefficient (Wildman–Crippen LogP) is 0.224. The van der Waals surface area contributed by atoms with Crippen LogP contribution in [-0.4, -0.2) is 46.9 Å². The van der Waals surface area contributed by atoms with Gasteiger partial charge in [0.25, 0.3) is 0 Å². The highest BCUT2D eigenvalue weighted by Crippen LogP contribution is 2.59. The van der Waals surface area contributed by atoms with Crippen molar-refractivity contribution < 1.29 is 19.5 Å². The van der Waals surface area contributed by atoms with Gasteiger partial charge >= 0.3 is 5.97 Å². The molecule has 6 nitrogen and oxygen atoms in total. The molecule has 1 heterocycles. The Balaban J connectivity index is 1.85. The highest BCUT2D eigenvalue weighted by Gasteiger charge is 2.59. The predicted molar refractivity (Wildman–Crippen MR) is 67.3 cm³/mol. The van der Waals surface area contributed by atoms with Crippen LogP contribution in [0.4, 0.5) is 0 Å². The largest absolute Gasteiger partial charge is 0.481 e. The molecule has 1 saturated carbocycles. The van der Waals surface area contributed by atoms with E-state index < -0.39 is 12.0 Å². The van der Waals surface area contributed by atoms with Crippen LogP contribution in [0.15, 0.2) is 0 Å². The molecular weight excluding hydrogens is 248 g/mol. The lowest BCUT2D eigenvalue weighted by atomic mass is 9.90. The number of aliphatic carboxylic acids is 1. The summed E-state index contributed by atoms with van der Waals surface area (Å²) in [7, 11) is 0. The van der Waals surface area contributed by atoms with Gasteiger partial charge in [0.15, 0.2) is 0 Å². The fourth-order valence-electron chi connectivity index (χ4n) is 3.06. The summed E-state index contributed by atoms with van der Waals surface area (Å²) in [5.41, 5.74) is -0.0696. The Kier molecular flexibility index (Phi) is 3.52. The SMILES string of the molecule is CC(=O)NC(C)C(=O)N1CCC2(CC1)CC2C(=O)O. The van der Waals surface area contributed by atoms with Crippen molar-refractivity contribution >= 4 is 17.8 Å². The molecule has 0 aromatic carbocycles. The summed E-state index contributed by atoms with van der Waals surface area (Å²) >= 11 is 0. The van der Waals surface area contributed by atoms with Crippen molar-refractivity contribution in [3.05, 3.63) is 0 Å². The van der Waals surface area contributed by atoms with Crippen LogP contribution in [0, 0.1) is 11.3 Å². The lowest BCUT2D eigenvalue weighted by molar-refractivity contribution is -0.140. The van der Waals surface area contributed by atoms with Crippen LogP contribution >= 0.6 is 0 Å². The maximum Gasteiger partial charge on any atom is 0.307 e. The zero-order valence-electron chi connectivity index (χ0n) is 11.3. The molecule has 1 aliphatic carbocycles. The Morgan fingerprint density at radius 1 is 1.32 bits per heavy atom. The molecular formula is C13H20N2O4. The zero-order valence-corrected chi connectivity index (χ0v) is 11.3. The second-order valence-electron chi connectivity index (χ2n) is 5.70. The van der Waals surface area contributed by atoms with E-state index in [1.807, 2.05) is 0 Å². The van der Waals surface area contributed by atoms with E-state index in [0.717, 1.165) is 19.3 Å². The Morgan fingerprint density at radius 3 is 2.32 bits per heavy atom. The van der Waals surface area contributed by atoms with E-state index in [2.05, 4.69) is 5.32 Å². The summed E-state index contributed by atoms with van der Waals surface area (Å²) in [6.45, 7) is 4.24. The molecule has 106 valence electrons. The van der Waals surface area contributed by atoms with Gasteiger partial charge in [-0.3, -0.25) is 14.4 Å². The number of amides is 2. The molecule has 2 aliphatic rings. The van der Waals surface area contributed by atoms with Crippen molar-refractivity contribution in [3.63, 3.8) is 0 Å². The molecule has 2 atom stereocenters. The maximum atomic E-state index is 12.1. The minimum Gasteiger partial charge on any atom is -0.481 e. The van der Waals surface area contributed by atoms with Gasteiger partial charge in [0.2, 0.25) is 11.8 Å². The van der Waals surface area contributed by atoms with Crippen molar-refractivity contribution in [1.29, 1.82) is 0 Å². The quantitative estimate of drug-likeness (QED) is 0.767. The topological polar surface area (TPSA) is 86.7 Å². The summed E-state index contributed by atoms with van der Waals surface area (Å²) < 4.78 is 0. The third-order valence-corrected chi connectivity index (χ3v) is 4.35. The average molecular weight is 268 g/mol. The monoisotopic (exact) mass is 268 g/mol. The van der Waals surface area contributed by atoms with Crippen LogP contribution in [0.2, 0.25) is 0 Å². The minimum atomic E-state index is -0.716. The number of carboxylic acids is 1. The summed E-state index contributed by atoms with van der Waals surface area (Å²) in [6, 6.07) is -0.513. The second-order valence-corrected chi connectivity index (χ2v) is 5.70. The van der Waals surface area contributed by atoms with Gasteiger partial charge in [-0.05, 0) is 31.6 Å². The third kappa shape index (κ3) is 2.72. The Morgan fingerprint density at radius 2 is 1.89 bits per heavy atom. The summed E-state index contributed by atoms with van der Waals surface area (Å²) in [5.74, 6) is -1.25. The smallest absolute Gasteiger partial charge is 0.307 e. The fraction of sp³-hybridized carbons (Fsp3) is 0.769. The zero-order chi connectivity index (χ0) is 14.2. The van der Waals surface area contributed by atoms with Crippen molar-refractivity contribution in [1.82, 2.24) is 10.2 Å². The number of rotatable bonds is 3. The van der Waals surface area contributed by atoms with Gasteiger partial charge in [-0.2, -0.15) is 0 Å². The maximum absolute atomic E-state index is 12.1. The molecule has 1 saturated heterocycles. The van der Waals surface area contributed by atoms with Gasteiger partial charge in [0, 0.05) is 20.0 Å². The van der Waals surface area contributed by atoms with E-state index in [1.165, 1.54) is 6.92 Å². The molecule has 6 heteroatoms. The first-order chi connectivity index (χ1) is 8.85. The second kappa shape index (κ2) is 4.83. The molecule has 2 N–H and O–H groups in total. The van der Waals surface area contributed by atoms with Crippen LogP contribution < -0.4 is 5.32 Å². The van der Waals surface area contributed by atoms with Crippen LogP contribution in [0.25, 0.3) is 0 Å². The number of nitrogens with one attached hydrogen (secondary N) is 1. The van der Waals surface area contributed by atoms with Crippen molar-refractivity contribution in [2.24, 2.45) is 11.3 Å². The van der Waals surface area contributed by atoms with Crippen LogP contribution in [0.5, 0.6) is 0 Å². The molecule has 0 aromatic rings. The Labute approximate surface area is 112 Å². The molecule has 2 fully saturated rings. The van der Waals surface area contributed by atoms with Gasteiger partial charge in [-0.15, -0.1) is 0 Å². The first-order valence-corrected chi connectivity index (χ1v) is 6.64. The molecule has 0 aromatic heterocycles. The number of carbonyl (C=O) groups is 3. The van der Waals surface area contributed by atoms with E-state index in [4.69, 9.17) is 5.11 Å². The molecule has 1 aliphatic heterocycles. The van der Waals surface area contributed by atoms with Crippen LogP contribution in [0.3, 0.4) is 0 Å². The molecule has 0 radical (unpaired) electrons. The number of likely N-dealkylation sites (tertiary alicyclic amines) is 1. The number of nitrogens with zero attached hydrogens (tertiary/aromatic N) is 1. The standard InChI is InChI=1S/C13H20N2O4/c1-8(14-9(2)16)11(17)15-5-3-13(4-6-15)7-10(13)12(18)19/h8,10H,3-7H2,1-2H3,(H,14,16)(H,18,19). The normalized spacial score (nSPS) is 25.8. The van der Waals surface area contributed by atoms with Gasteiger partial charge in [0.1, 0.15) is 6.04 Å². The van der Waals surface area contributed by atoms with E-state index in [-0.39, 0.29) is 23.1 Å². The van der Waals surface area contributed by atoms with Crippen molar-refractivity contribution in [2.45, 2.75) is 39.2 Å². The third-order valence-electron chi connectivity index (χ3n) is 4.35. The number of hydrogen-bond acceptors (Lipinski definition) is 3. The van der Waals surface area contributed by atoms with Crippen molar-refractivity contribution in [2.75, 3.05) is 13.1 Å². The molecule has 2 amide bonds. The van der Waals surface area contributed by atoms with Gasteiger partial charge < -0.3 is 15.3 Å². The molecule has 2 unspecified atom stereocenters. The molecule has 2 rings (SSSR count). The number of piperidine rings is 1. The molecule has 1 spiro atoms. The highest BCUT2D eigenvalue weighted by molar-refractivity contribution is 5.86. The minimum absolute atomic E-state index is 0.0696. The number of hydrogen-bond donors (Lipinski definition) is 2. The van der Waals surface area contributed by atoms with E-state index >= 15 is 0 Å². The van der Waals surface area contributed by atoms with E-state index in [0.29, 0.717) is 13.1 Å². The lowest BCUT2D eigenvalue weighted by Crippen LogP contribution is -2.49. The Hall–Kier alpha value is -1.59. The van der Waals surface area contributed by atoms with E-state index in [9.17, 15) is 14.4 Å². The fourth-order valence-corrected chi connectivity index (χ4v) is 3.06.